The monoisotopic (exact) mass is 521 g/mol. The normalized spacial score (nSPS) is 12.8. The molecule has 0 saturated heterocycles. The van der Waals surface area contributed by atoms with Crippen molar-refractivity contribution in [1.82, 2.24) is 0 Å². The summed E-state index contributed by atoms with van der Waals surface area (Å²) in [6, 6.07) is 28.4. The molecular weight excluding hydrogens is 487 g/mol. The molecule has 0 aliphatic rings. The van der Waals surface area contributed by atoms with Gasteiger partial charge in [-0.25, -0.2) is 0 Å². The maximum Gasteiger partial charge on any atom is 0.509 e. The van der Waals surface area contributed by atoms with Crippen LogP contribution in [0.2, 0.25) is 0 Å². The second kappa shape index (κ2) is 15.7. The van der Waals surface area contributed by atoms with Gasteiger partial charge in [0.05, 0.1) is 0 Å². The molecule has 0 aromatic heterocycles. The highest BCUT2D eigenvalue weighted by Gasteiger charge is 2.35. The Morgan fingerprint density at radius 1 is 0.757 bits per heavy atom. The summed E-state index contributed by atoms with van der Waals surface area (Å²) in [6.45, 7) is 2.31. The lowest BCUT2D eigenvalue weighted by molar-refractivity contribution is -0.150. The molecule has 0 N–H and O–H groups in total. The number of hydrogen-bond acceptors (Lipinski definition) is 6. The molecule has 2 unspecified atom stereocenters. The van der Waals surface area contributed by atoms with Gasteiger partial charge in [0.2, 0.25) is 0 Å². The van der Waals surface area contributed by atoms with Gasteiger partial charge < -0.3 is 9.47 Å². The van der Waals surface area contributed by atoms with E-state index < -0.39 is 25.9 Å². The average Bonchev–Trinajstić information content (AvgIpc) is 2.94. The zero-order valence-electron chi connectivity index (χ0n) is 21.2. The third-order valence-electron chi connectivity index (χ3n) is 5.83. The first-order chi connectivity index (χ1) is 18.0. The van der Waals surface area contributed by atoms with Crippen LogP contribution >= 0.6 is 8.03 Å². The van der Waals surface area contributed by atoms with Crippen LogP contribution in [0.4, 0.5) is 0 Å². The van der Waals surface area contributed by atoms with Crippen LogP contribution in [-0.2, 0) is 41.4 Å². The Labute approximate surface area is 219 Å². The standard InChI is InChI=1S/C30H34O6P/c1-2-12-28(26-17-10-5-11-18-26)36-37(33)23-27(30(32)35-22-25-15-8-4-9-16-25)19-20-29(31)34-21-24-13-6-3-7-14-24/h3-11,13-18,27-28H,2,12,19-23H2,1H3/q+1/t27?,28-/m1/s1. The van der Waals surface area contributed by atoms with E-state index in [2.05, 4.69) is 0 Å². The maximum absolute atomic E-state index is 13.0. The quantitative estimate of drug-likeness (QED) is 0.156. The Kier molecular flexibility index (Phi) is 12.0. The summed E-state index contributed by atoms with van der Waals surface area (Å²) in [6.07, 6.45) is 1.39. The molecule has 0 amide bonds. The predicted molar refractivity (Wildman–Crippen MR) is 143 cm³/mol. The summed E-state index contributed by atoms with van der Waals surface area (Å²) in [5.41, 5.74) is 2.68. The van der Waals surface area contributed by atoms with Gasteiger partial charge in [-0.05, 0) is 34.1 Å². The van der Waals surface area contributed by atoms with Crippen molar-refractivity contribution < 1.29 is 28.2 Å². The van der Waals surface area contributed by atoms with Gasteiger partial charge >= 0.3 is 20.0 Å². The number of ether oxygens (including phenoxy) is 2. The second-order valence-electron chi connectivity index (χ2n) is 8.78. The first-order valence-corrected chi connectivity index (χ1v) is 14.0. The number of carbonyl (C=O) groups excluding carboxylic acids is 2. The third kappa shape index (κ3) is 10.3. The Bertz CT molecular complexity index is 1100. The molecule has 0 aliphatic carbocycles. The molecule has 3 rings (SSSR count). The molecule has 3 aromatic carbocycles. The fraction of sp³-hybridized carbons (Fsp3) is 0.333. The summed E-state index contributed by atoms with van der Waals surface area (Å²) in [5, 5.41) is 0. The highest BCUT2D eigenvalue weighted by molar-refractivity contribution is 7.39. The zero-order chi connectivity index (χ0) is 26.3. The maximum atomic E-state index is 13.0. The van der Waals surface area contributed by atoms with E-state index in [0.29, 0.717) is 6.42 Å². The predicted octanol–water partition coefficient (Wildman–Crippen LogP) is 7.17. The SMILES string of the molecule is CCC[C@@H](O[P+](=O)CC(CCC(=O)OCc1ccccc1)C(=O)OCc1ccccc1)c1ccccc1. The van der Waals surface area contributed by atoms with Gasteiger partial charge in [0.25, 0.3) is 0 Å². The molecule has 3 atom stereocenters. The number of rotatable bonds is 15. The molecule has 3 aromatic rings. The number of esters is 2. The van der Waals surface area contributed by atoms with Crippen molar-refractivity contribution in [3.8, 4) is 0 Å². The van der Waals surface area contributed by atoms with E-state index in [1.165, 1.54) is 0 Å². The summed E-state index contributed by atoms with van der Waals surface area (Å²) >= 11 is 0. The molecule has 194 valence electrons. The molecule has 0 saturated carbocycles. The van der Waals surface area contributed by atoms with Crippen molar-refractivity contribution in [3.63, 3.8) is 0 Å². The number of benzene rings is 3. The zero-order valence-corrected chi connectivity index (χ0v) is 22.1. The average molecular weight is 522 g/mol. The highest BCUT2D eigenvalue weighted by atomic mass is 31.1. The number of carbonyl (C=O) groups is 2. The molecule has 0 spiro atoms. The van der Waals surface area contributed by atoms with Gasteiger partial charge in [-0.1, -0.05) is 104 Å². The van der Waals surface area contributed by atoms with E-state index >= 15 is 0 Å². The number of hydrogen-bond donors (Lipinski definition) is 0. The molecule has 7 heteroatoms. The van der Waals surface area contributed by atoms with Gasteiger partial charge in [-0.2, -0.15) is 0 Å². The lowest BCUT2D eigenvalue weighted by Gasteiger charge is -2.14. The first-order valence-electron chi connectivity index (χ1n) is 12.6. The van der Waals surface area contributed by atoms with Crippen LogP contribution in [0.25, 0.3) is 0 Å². The molecule has 0 bridgehead atoms. The second-order valence-corrected chi connectivity index (χ2v) is 10.0. The van der Waals surface area contributed by atoms with Gasteiger partial charge in [0.15, 0.2) is 6.16 Å². The summed E-state index contributed by atoms with van der Waals surface area (Å²) < 4.78 is 29.8. The van der Waals surface area contributed by atoms with Crippen LogP contribution in [0, 0.1) is 5.92 Å². The molecule has 6 nitrogen and oxygen atoms in total. The van der Waals surface area contributed by atoms with E-state index in [1.807, 2.05) is 97.9 Å². The Morgan fingerprint density at radius 3 is 1.86 bits per heavy atom. The fourth-order valence-electron chi connectivity index (χ4n) is 3.81. The molecule has 0 radical (unpaired) electrons. The fourth-order valence-corrected chi connectivity index (χ4v) is 5.10. The summed E-state index contributed by atoms with van der Waals surface area (Å²) in [5.74, 6) is -1.68. The topological polar surface area (TPSA) is 78.9 Å². The Hall–Kier alpha value is -3.34. The molecule has 0 fully saturated rings. The molecular formula is C30H34O6P+. The Balaban J connectivity index is 1.60. The van der Waals surface area contributed by atoms with E-state index in [1.54, 1.807) is 0 Å². The van der Waals surface area contributed by atoms with E-state index in [-0.39, 0.29) is 38.3 Å². The van der Waals surface area contributed by atoms with Crippen molar-refractivity contribution in [3.05, 3.63) is 108 Å². The summed E-state index contributed by atoms with van der Waals surface area (Å²) in [7, 11) is -2.17. The van der Waals surface area contributed by atoms with Crippen LogP contribution in [0.5, 0.6) is 0 Å². The van der Waals surface area contributed by atoms with Crippen LogP contribution in [0.3, 0.4) is 0 Å². The largest absolute Gasteiger partial charge is 0.509 e. The lowest BCUT2D eigenvalue weighted by Crippen LogP contribution is -2.22. The van der Waals surface area contributed by atoms with Crippen LogP contribution < -0.4 is 0 Å². The molecule has 0 heterocycles. The first kappa shape index (κ1) is 28.2. The molecule has 37 heavy (non-hydrogen) atoms. The minimum atomic E-state index is -2.17. The third-order valence-corrected chi connectivity index (χ3v) is 7.06. The lowest BCUT2D eigenvalue weighted by atomic mass is 10.1. The van der Waals surface area contributed by atoms with Crippen molar-refractivity contribution in [1.29, 1.82) is 0 Å². The van der Waals surface area contributed by atoms with Crippen LogP contribution in [-0.4, -0.2) is 18.1 Å². The van der Waals surface area contributed by atoms with Crippen molar-refractivity contribution in [2.24, 2.45) is 5.92 Å². The smallest absolute Gasteiger partial charge is 0.461 e. The van der Waals surface area contributed by atoms with E-state index in [0.717, 1.165) is 23.1 Å². The van der Waals surface area contributed by atoms with Gasteiger partial charge in [0, 0.05) is 6.42 Å². The Morgan fingerprint density at radius 2 is 1.30 bits per heavy atom. The van der Waals surface area contributed by atoms with Crippen molar-refractivity contribution in [2.75, 3.05) is 6.16 Å². The van der Waals surface area contributed by atoms with Gasteiger partial charge in [-0.3, -0.25) is 9.59 Å². The molecule has 0 aliphatic heterocycles. The van der Waals surface area contributed by atoms with E-state index in [9.17, 15) is 14.2 Å². The van der Waals surface area contributed by atoms with Crippen LogP contribution in [0.1, 0.15) is 55.4 Å². The van der Waals surface area contributed by atoms with Crippen LogP contribution in [0.15, 0.2) is 91.0 Å². The van der Waals surface area contributed by atoms with Crippen molar-refractivity contribution in [2.45, 2.75) is 51.9 Å². The van der Waals surface area contributed by atoms with E-state index in [4.69, 9.17) is 14.0 Å². The van der Waals surface area contributed by atoms with Gasteiger partial charge in [-0.15, -0.1) is 4.52 Å². The minimum Gasteiger partial charge on any atom is -0.461 e. The van der Waals surface area contributed by atoms with Crippen molar-refractivity contribution >= 4 is 20.0 Å². The highest BCUT2D eigenvalue weighted by Crippen LogP contribution is 2.37. The minimum absolute atomic E-state index is 0.0121. The van der Waals surface area contributed by atoms with Gasteiger partial charge in [0.1, 0.15) is 25.2 Å². The summed E-state index contributed by atoms with van der Waals surface area (Å²) in [4.78, 5) is 25.3.